The maximum Gasteiger partial charge on any atom is 0.202 e. The van der Waals surface area contributed by atoms with E-state index >= 15 is 0 Å². The van der Waals surface area contributed by atoms with E-state index in [1.54, 1.807) is 6.20 Å². The van der Waals surface area contributed by atoms with Crippen LogP contribution in [0.25, 0.3) is 0 Å². The topological polar surface area (TPSA) is 50.1 Å². The molecule has 1 aliphatic rings. The number of rotatable bonds is 4. The first-order valence-electron chi connectivity index (χ1n) is 6.92. The average Bonchev–Trinajstić information content (AvgIpc) is 2.79. The molecule has 1 heterocycles. The van der Waals surface area contributed by atoms with E-state index in [2.05, 4.69) is 35.6 Å². The van der Waals surface area contributed by atoms with Crippen LogP contribution in [0.3, 0.4) is 0 Å². The normalized spacial score (nSPS) is 21.8. The van der Waals surface area contributed by atoms with Gasteiger partial charge in [-0.05, 0) is 38.0 Å². The molecule has 0 unspecified atom stereocenters. The predicted octanol–water partition coefficient (Wildman–Crippen LogP) is 2.65. The van der Waals surface area contributed by atoms with Crippen LogP contribution in [-0.2, 0) is 6.54 Å². The lowest BCUT2D eigenvalue weighted by Crippen LogP contribution is -2.42. The van der Waals surface area contributed by atoms with Crippen molar-refractivity contribution in [3.05, 3.63) is 12.4 Å². The van der Waals surface area contributed by atoms with Gasteiger partial charge in [-0.1, -0.05) is 13.8 Å². The number of hydrogen-bond donors (Lipinski definition) is 2. The minimum Gasteiger partial charge on any atom is -0.388 e. The molecule has 0 saturated heterocycles. The number of hydrogen-bond acceptors (Lipinski definition) is 3. The Labute approximate surface area is 109 Å². The summed E-state index contributed by atoms with van der Waals surface area (Å²) in [5.74, 6) is 0.857. The van der Waals surface area contributed by atoms with Crippen molar-refractivity contribution in [2.75, 3.05) is 11.9 Å². The maximum atomic E-state index is 10.6. The number of aryl methyl sites for hydroxylation is 1. The van der Waals surface area contributed by atoms with E-state index in [9.17, 15) is 5.11 Å². The number of anilines is 1. The molecular weight excluding hydrogens is 226 g/mol. The highest BCUT2D eigenvalue weighted by molar-refractivity contribution is 5.26. The summed E-state index contributed by atoms with van der Waals surface area (Å²) < 4.78 is 2.05. The number of aromatic nitrogens is 2. The van der Waals surface area contributed by atoms with Gasteiger partial charge in [-0.2, -0.15) is 0 Å². The monoisotopic (exact) mass is 251 g/mol. The summed E-state index contributed by atoms with van der Waals surface area (Å²) in [4.78, 5) is 4.27. The van der Waals surface area contributed by atoms with Crippen LogP contribution in [-0.4, -0.2) is 26.8 Å². The highest BCUT2D eigenvalue weighted by atomic mass is 16.3. The van der Waals surface area contributed by atoms with E-state index < -0.39 is 5.60 Å². The number of nitrogens with zero attached hydrogens (tertiary/aromatic N) is 2. The minimum atomic E-state index is -0.569. The van der Waals surface area contributed by atoms with Crippen molar-refractivity contribution in [1.29, 1.82) is 0 Å². The molecule has 0 atom stereocenters. The van der Waals surface area contributed by atoms with Crippen molar-refractivity contribution >= 4 is 5.95 Å². The van der Waals surface area contributed by atoms with Gasteiger partial charge in [-0.25, -0.2) is 4.98 Å². The first kappa shape index (κ1) is 13.4. The van der Waals surface area contributed by atoms with Gasteiger partial charge >= 0.3 is 0 Å². The third kappa shape index (κ3) is 3.05. The molecule has 0 aromatic carbocycles. The Balaban J connectivity index is 1.90. The van der Waals surface area contributed by atoms with Crippen LogP contribution in [0.1, 0.15) is 46.5 Å². The maximum absolute atomic E-state index is 10.6. The lowest BCUT2D eigenvalue weighted by atomic mass is 9.71. The molecule has 102 valence electrons. The van der Waals surface area contributed by atoms with Crippen LogP contribution in [0, 0.1) is 5.41 Å². The van der Waals surface area contributed by atoms with Gasteiger partial charge in [0.05, 0.1) is 5.60 Å². The summed E-state index contributed by atoms with van der Waals surface area (Å²) in [6.07, 6.45) is 7.68. The summed E-state index contributed by atoms with van der Waals surface area (Å²) in [6.45, 7) is 8.15. The molecule has 2 rings (SSSR count). The molecule has 0 amide bonds. The second-order valence-electron chi connectivity index (χ2n) is 6.28. The molecule has 2 N–H and O–H groups in total. The summed E-state index contributed by atoms with van der Waals surface area (Å²) >= 11 is 0. The molecule has 1 saturated carbocycles. The highest BCUT2D eigenvalue weighted by Crippen LogP contribution is 2.40. The standard InChI is InChI=1S/C14H25N3O/c1-4-17-10-9-15-12(17)16-11-14(18)7-5-13(2,3)6-8-14/h9-10,18H,4-8,11H2,1-3H3,(H,15,16). The molecule has 1 aromatic heterocycles. The third-order valence-corrected chi connectivity index (χ3v) is 4.17. The second-order valence-corrected chi connectivity index (χ2v) is 6.28. The SMILES string of the molecule is CCn1ccnc1NCC1(O)CCC(C)(C)CC1. The van der Waals surface area contributed by atoms with Gasteiger partial charge in [0.1, 0.15) is 0 Å². The van der Waals surface area contributed by atoms with Gasteiger partial charge in [-0.3, -0.25) is 0 Å². The van der Waals surface area contributed by atoms with Crippen molar-refractivity contribution in [2.24, 2.45) is 5.41 Å². The van der Waals surface area contributed by atoms with Crippen molar-refractivity contribution in [3.63, 3.8) is 0 Å². The fourth-order valence-electron chi connectivity index (χ4n) is 2.54. The van der Waals surface area contributed by atoms with Gasteiger partial charge in [0, 0.05) is 25.5 Å². The van der Waals surface area contributed by atoms with Crippen LogP contribution in [0.5, 0.6) is 0 Å². The fourth-order valence-corrected chi connectivity index (χ4v) is 2.54. The number of imidazole rings is 1. The van der Waals surface area contributed by atoms with Gasteiger partial charge in [-0.15, -0.1) is 0 Å². The minimum absolute atomic E-state index is 0.383. The van der Waals surface area contributed by atoms with Crippen LogP contribution in [0.2, 0.25) is 0 Å². The van der Waals surface area contributed by atoms with E-state index in [0.29, 0.717) is 12.0 Å². The summed E-state index contributed by atoms with van der Waals surface area (Å²) in [7, 11) is 0. The lowest BCUT2D eigenvalue weighted by molar-refractivity contribution is -0.0146. The quantitative estimate of drug-likeness (QED) is 0.865. The van der Waals surface area contributed by atoms with Crippen molar-refractivity contribution in [2.45, 2.75) is 58.6 Å². The molecule has 0 bridgehead atoms. The Morgan fingerprint density at radius 3 is 2.61 bits per heavy atom. The molecular formula is C14H25N3O. The zero-order valence-corrected chi connectivity index (χ0v) is 11.7. The molecule has 1 fully saturated rings. The van der Waals surface area contributed by atoms with E-state index in [0.717, 1.165) is 38.2 Å². The molecule has 4 heteroatoms. The first-order valence-corrected chi connectivity index (χ1v) is 6.92. The van der Waals surface area contributed by atoms with E-state index in [4.69, 9.17) is 0 Å². The third-order valence-electron chi connectivity index (χ3n) is 4.17. The van der Waals surface area contributed by atoms with Crippen molar-refractivity contribution in [3.8, 4) is 0 Å². The van der Waals surface area contributed by atoms with E-state index in [1.807, 2.05) is 6.20 Å². The first-order chi connectivity index (χ1) is 8.44. The Morgan fingerprint density at radius 2 is 2.00 bits per heavy atom. The Kier molecular flexibility index (Phi) is 3.66. The van der Waals surface area contributed by atoms with Gasteiger partial charge in [0.2, 0.25) is 5.95 Å². The van der Waals surface area contributed by atoms with E-state index in [1.165, 1.54) is 0 Å². The largest absolute Gasteiger partial charge is 0.388 e. The summed E-state index contributed by atoms with van der Waals surface area (Å²) in [5.41, 5.74) is -0.186. The molecule has 0 aliphatic heterocycles. The molecule has 1 aromatic rings. The van der Waals surface area contributed by atoms with Crippen LogP contribution < -0.4 is 5.32 Å². The smallest absolute Gasteiger partial charge is 0.202 e. The molecule has 0 radical (unpaired) electrons. The number of aliphatic hydroxyl groups is 1. The van der Waals surface area contributed by atoms with E-state index in [-0.39, 0.29) is 0 Å². The zero-order chi connectivity index (χ0) is 13.2. The van der Waals surface area contributed by atoms with Crippen molar-refractivity contribution in [1.82, 2.24) is 9.55 Å². The highest BCUT2D eigenvalue weighted by Gasteiger charge is 2.36. The van der Waals surface area contributed by atoms with Gasteiger partial charge in [0.15, 0.2) is 0 Å². The summed E-state index contributed by atoms with van der Waals surface area (Å²) in [5, 5.41) is 13.8. The Bertz CT molecular complexity index is 387. The van der Waals surface area contributed by atoms with Crippen LogP contribution in [0.15, 0.2) is 12.4 Å². The predicted molar refractivity (Wildman–Crippen MR) is 73.6 cm³/mol. The zero-order valence-electron chi connectivity index (χ0n) is 11.7. The van der Waals surface area contributed by atoms with Gasteiger partial charge in [0.25, 0.3) is 0 Å². The Morgan fingerprint density at radius 1 is 1.33 bits per heavy atom. The van der Waals surface area contributed by atoms with Crippen LogP contribution >= 0.6 is 0 Å². The molecule has 18 heavy (non-hydrogen) atoms. The average molecular weight is 251 g/mol. The van der Waals surface area contributed by atoms with Crippen molar-refractivity contribution < 1.29 is 5.11 Å². The molecule has 1 aliphatic carbocycles. The van der Waals surface area contributed by atoms with Gasteiger partial charge < -0.3 is 15.0 Å². The lowest BCUT2D eigenvalue weighted by Gasteiger charge is -2.40. The Hall–Kier alpha value is -1.03. The molecule has 0 spiro atoms. The second kappa shape index (κ2) is 4.92. The van der Waals surface area contributed by atoms with Crippen LogP contribution in [0.4, 0.5) is 5.95 Å². The fraction of sp³-hybridized carbons (Fsp3) is 0.786. The summed E-state index contributed by atoms with van der Waals surface area (Å²) in [6, 6.07) is 0. The number of nitrogens with one attached hydrogen (secondary N) is 1. The molecule has 4 nitrogen and oxygen atoms in total.